The van der Waals surface area contributed by atoms with Crippen LogP contribution < -0.4 is 4.74 Å². The smallest absolute Gasteiger partial charge is 0.150 e. The minimum Gasteiger partial charge on any atom is -0.493 e. The second kappa shape index (κ2) is 6.53. The molecule has 0 aromatic heterocycles. The van der Waals surface area contributed by atoms with Crippen LogP contribution in [0.15, 0.2) is 24.3 Å². The fraction of sp³-hybridized carbons (Fsp3) is 0.533. The Hall–Kier alpha value is -1.60. The van der Waals surface area contributed by atoms with Gasteiger partial charge < -0.3 is 4.74 Å². The second-order valence-electron chi connectivity index (χ2n) is 5.00. The minimum absolute atomic E-state index is 0.491. The Kier molecular flexibility index (Phi) is 4.75. The van der Waals surface area contributed by atoms with Crippen molar-refractivity contribution < 1.29 is 9.13 Å². The van der Waals surface area contributed by atoms with Crippen LogP contribution in [0, 0.1) is 17.2 Å². The number of nitrogens with zero attached hydrogens (tertiary/aromatic N) is 2. The molecule has 1 aliphatic rings. The Morgan fingerprint density at radius 1 is 1.37 bits per heavy atom. The van der Waals surface area contributed by atoms with E-state index in [0.717, 1.165) is 31.7 Å². The predicted octanol–water partition coefficient (Wildman–Crippen LogP) is 2.96. The average molecular weight is 262 g/mol. The van der Waals surface area contributed by atoms with Crippen LogP contribution in [-0.2, 0) is 0 Å². The lowest BCUT2D eigenvalue weighted by molar-refractivity contribution is 0.0507. The summed E-state index contributed by atoms with van der Waals surface area (Å²) in [5, 5.41) is 8.71. The third-order valence-electron chi connectivity index (χ3n) is 3.62. The Balaban J connectivity index is 1.76. The second-order valence-corrected chi connectivity index (χ2v) is 5.00. The molecule has 1 heterocycles. The van der Waals surface area contributed by atoms with Gasteiger partial charge in [-0.2, -0.15) is 5.26 Å². The van der Waals surface area contributed by atoms with Crippen LogP contribution in [0.3, 0.4) is 0 Å². The van der Waals surface area contributed by atoms with Crippen LogP contribution in [-0.4, -0.2) is 30.9 Å². The molecule has 1 aliphatic heterocycles. The van der Waals surface area contributed by atoms with Gasteiger partial charge in [0, 0.05) is 13.1 Å². The zero-order valence-corrected chi connectivity index (χ0v) is 11.2. The van der Waals surface area contributed by atoms with Crippen LogP contribution in [0.4, 0.5) is 4.39 Å². The molecule has 19 heavy (non-hydrogen) atoms. The molecular formula is C15H19FN2O. The van der Waals surface area contributed by atoms with Crippen molar-refractivity contribution in [1.82, 2.24) is 4.90 Å². The summed E-state index contributed by atoms with van der Waals surface area (Å²) in [6.07, 6.45) is 1.11. The lowest BCUT2D eigenvalue weighted by Crippen LogP contribution is -2.39. The van der Waals surface area contributed by atoms with Crippen molar-refractivity contribution in [2.24, 2.45) is 5.92 Å². The molecule has 102 valence electrons. The lowest BCUT2D eigenvalue weighted by Gasteiger charge is -2.32. The fourth-order valence-corrected chi connectivity index (χ4v) is 2.32. The van der Waals surface area contributed by atoms with E-state index in [2.05, 4.69) is 6.07 Å². The normalized spacial score (nSPS) is 18.8. The predicted molar refractivity (Wildman–Crippen MR) is 71.5 cm³/mol. The molecule has 0 N–H and O–H groups in total. The number of halogens is 1. The maximum absolute atomic E-state index is 13.1. The Labute approximate surface area is 113 Å². The molecule has 0 radical (unpaired) electrons. The quantitative estimate of drug-likeness (QED) is 0.783. The Morgan fingerprint density at radius 3 is 2.53 bits per heavy atom. The first-order valence-electron chi connectivity index (χ1n) is 6.70. The first kappa shape index (κ1) is 13.8. The highest BCUT2D eigenvalue weighted by Crippen LogP contribution is 2.21. The van der Waals surface area contributed by atoms with Gasteiger partial charge in [-0.15, -0.1) is 0 Å². The van der Waals surface area contributed by atoms with Crippen LogP contribution >= 0.6 is 0 Å². The van der Waals surface area contributed by atoms with Crippen molar-refractivity contribution in [2.75, 3.05) is 19.7 Å². The molecule has 3 nitrogen and oxygen atoms in total. The van der Waals surface area contributed by atoms with Crippen LogP contribution in [0.5, 0.6) is 5.75 Å². The summed E-state index contributed by atoms with van der Waals surface area (Å²) >= 11 is 0. The van der Waals surface area contributed by atoms with E-state index in [1.165, 1.54) is 0 Å². The van der Waals surface area contributed by atoms with Crippen molar-refractivity contribution in [3.05, 3.63) is 29.8 Å². The number of hydrogen-bond donors (Lipinski definition) is 0. The molecule has 4 heteroatoms. The third kappa shape index (κ3) is 3.93. The van der Waals surface area contributed by atoms with Gasteiger partial charge in [0.05, 0.1) is 18.2 Å². The topological polar surface area (TPSA) is 36.3 Å². The molecule has 1 saturated heterocycles. The molecule has 1 aromatic carbocycles. The molecule has 0 bridgehead atoms. The highest BCUT2D eigenvalue weighted by Gasteiger charge is 2.22. The Bertz CT molecular complexity index is 430. The van der Waals surface area contributed by atoms with Crippen molar-refractivity contribution in [3.63, 3.8) is 0 Å². The van der Waals surface area contributed by atoms with Gasteiger partial charge in [-0.05, 0) is 49.9 Å². The number of likely N-dealkylation sites (tertiary alicyclic amines) is 1. The maximum atomic E-state index is 13.1. The summed E-state index contributed by atoms with van der Waals surface area (Å²) in [7, 11) is 0. The molecule has 2 rings (SSSR count). The third-order valence-corrected chi connectivity index (χ3v) is 3.62. The van der Waals surface area contributed by atoms with E-state index in [-0.39, 0.29) is 0 Å². The lowest BCUT2D eigenvalue weighted by atomic mass is 9.98. The molecular weight excluding hydrogens is 243 g/mol. The van der Waals surface area contributed by atoms with Gasteiger partial charge in [-0.1, -0.05) is 0 Å². The first-order valence-corrected chi connectivity index (χ1v) is 6.70. The molecule has 0 saturated carbocycles. The van der Waals surface area contributed by atoms with Gasteiger partial charge in [0.15, 0.2) is 6.30 Å². The van der Waals surface area contributed by atoms with Crippen molar-refractivity contribution >= 4 is 0 Å². The highest BCUT2D eigenvalue weighted by atomic mass is 19.1. The summed E-state index contributed by atoms with van der Waals surface area (Å²) in [4.78, 5) is 1.86. The molecule has 1 fully saturated rings. The van der Waals surface area contributed by atoms with E-state index in [1.807, 2.05) is 17.0 Å². The zero-order chi connectivity index (χ0) is 13.7. The van der Waals surface area contributed by atoms with Crippen LogP contribution in [0.2, 0.25) is 0 Å². The van der Waals surface area contributed by atoms with Gasteiger partial charge in [0.1, 0.15) is 5.75 Å². The molecule has 1 aromatic rings. The van der Waals surface area contributed by atoms with E-state index in [4.69, 9.17) is 10.00 Å². The Morgan fingerprint density at radius 2 is 2.00 bits per heavy atom. The summed E-state index contributed by atoms with van der Waals surface area (Å²) < 4.78 is 18.8. The summed E-state index contributed by atoms with van der Waals surface area (Å²) in [6, 6.07) is 9.22. The van der Waals surface area contributed by atoms with Gasteiger partial charge >= 0.3 is 0 Å². The minimum atomic E-state index is -0.847. The van der Waals surface area contributed by atoms with Crippen molar-refractivity contribution in [3.8, 4) is 11.8 Å². The number of alkyl halides is 1. The van der Waals surface area contributed by atoms with Gasteiger partial charge in [-0.25, -0.2) is 4.39 Å². The first-order chi connectivity index (χ1) is 9.19. The van der Waals surface area contributed by atoms with Crippen molar-refractivity contribution in [1.29, 1.82) is 5.26 Å². The molecule has 1 unspecified atom stereocenters. The largest absolute Gasteiger partial charge is 0.493 e. The van der Waals surface area contributed by atoms with E-state index in [1.54, 1.807) is 19.1 Å². The monoisotopic (exact) mass is 262 g/mol. The van der Waals surface area contributed by atoms with Gasteiger partial charge in [0.25, 0.3) is 0 Å². The van der Waals surface area contributed by atoms with Crippen LogP contribution in [0.1, 0.15) is 25.3 Å². The molecule has 0 spiro atoms. The fourth-order valence-electron chi connectivity index (χ4n) is 2.32. The van der Waals surface area contributed by atoms with E-state index >= 15 is 0 Å². The van der Waals surface area contributed by atoms with E-state index in [9.17, 15) is 4.39 Å². The number of rotatable bonds is 4. The summed E-state index contributed by atoms with van der Waals surface area (Å²) in [6.45, 7) is 3.87. The number of benzene rings is 1. The standard InChI is InChI=1S/C15H19FN2O/c1-12(16)18-8-6-14(7-9-18)11-19-15-4-2-13(10-17)3-5-15/h2-5,12,14H,6-9,11H2,1H3. The number of nitriles is 1. The van der Waals surface area contributed by atoms with E-state index < -0.39 is 6.30 Å². The molecule has 0 amide bonds. The average Bonchev–Trinajstić information content (AvgIpc) is 2.46. The maximum Gasteiger partial charge on any atom is 0.150 e. The van der Waals surface area contributed by atoms with Crippen molar-refractivity contribution in [2.45, 2.75) is 26.1 Å². The van der Waals surface area contributed by atoms with E-state index in [0.29, 0.717) is 18.1 Å². The van der Waals surface area contributed by atoms with Gasteiger partial charge in [-0.3, -0.25) is 4.90 Å². The summed E-state index contributed by atoms with van der Waals surface area (Å²) in [5.74, 6) is 1.28. The molecule has 1 atom stereocenters. The summed E-state index contributed by atoms with van der Waals surface area (Å²) in [5.41, 5.74) is 0.637. The molecule has 0 aliphatic carbocycles. The SMILES string of the molecule is CC(F)N1CCC(COc2ccc(C#N)cc2)CC1. The van der Waals surface area contributed by atoms with Gasteiger partial charge in [0.2, 0.25) is 0 Å². The zero-order valence-electron chi connectivity index (χ0n) is 11.2. The number of hydrogen-bond acceptors (Lipinski definition) is 3. The number of ether oxygens (including phenoxy) is 1. The highest BCUT2D eigenvalue weighted by molar-refractivity contribution is 5.34. The van der Waals surface area contributed by atoms with Crippen LogP contribution in [0.25, 0.3) is 0 Å². The number of piperidine rings is 1.